The molecule has 1 aromatic heterocycles. The summed E-state index contributed by atoms with van der Waals surface area (Å²) in [7, 11) is 0. The molecule has 0 fully saturated rings. The van der Waals surface area contributed by atoms with E-state index in [9.17, 15) is 0 Å². The Bertz CT molecular complexity index is 487. The molecular formula is C16H20N2. The number of rotatable bonds is 3. The van der Waals surface area contributed by atoms with Crippen LogP contribution in [0.5, 0.6) is 0 Å². The first-order valence-electron chi connectivity index (χ1n) is 6.85. The normalized spacial score (nSPS) is 19.0. The highest BCUT2D eigenvalue weighted by molar-refractivity contribution is 5.42. The van der Waals surface area contributed by atoms with Crippen LogP contribution in [-0.4, -0.2) is 11.1 Å². The summed E-state index contributed by atoms with van der Waals surface area (Å²) >= 11 is 0. The maximum atomic E-state index is 3.56. The predicted molar refractivity (Wildman–Crippen MR) is 75.8 cm³/mol. The second-order valence-electron chi connectivity index (χ2n) is 5.15. The molecule has 18 heavy (non-hydrogen) atoms. The second-order valence-corrected chi connectivity index (χ2v) is 5.15. The monoisotopic (exact) mass is 240 g/mol. The van der Waals surface area contributed by atoms with E-state index in [-0.39, 0.29) is 0 Å². The highest BCUT2D eigenvalue weighted by Gasteiger charge is 2.15. The highest BCUT2D eigenvalue weighted by atomic mass is 15.0. The molecule has 0 saturated carbocycles. The maximum Gasteiger partial charge on any atom is 0.0340 e. The zero-order valence-corrected chi connectivity index (χ0v) is 10.7. The van der Waals surface area contributed by atoms with E-state index in [1.807, 2.05) is 0 Å². The first-order chi connectivity index (χ1) is 8.92. The molecule has 1 aromatic carbocycles. The van der Waals surface area contributed by atoms with Gasteiger partial charge in [0.05, 0.1) is 0 Å². The molecule has 0 aliphatic carbocycles. The van der Waals surface area contributed by atoms with Gasteiger partial charge in [0.15, 0.2) is 0 Å². The van der Waals surface area contributed by atoms with Gasteiger partial charge in [-0.25, -0.2) is 0 Å². The molecule has 1 N–H and O–H groups in total. The summed E-state index contributed by atoms with van der Waals surface area (Å²) in [5, 5.41) is 3.56. The maximum absolute atomic E-state index is 3.56. The summed E-state index contributed by atoms with van der Waals surface area (Å²) in [6, 6.07) is 14.9. The van der Waals surface area contributed by atoms with Crippen molar-refractivity contribution >= 4 is 5.69 Å². The van der Waals surface area contributed by atoms with Crippen molar-refractivity contribution in [3.63, 3.8) is 0 Å². The Morgan fingerprint density at radius 1 is 1.11 bits per heavy atom. The number of nitrogens with one attached hydrogen (secondary N) is 1. The van der Waals surface area contributed by atoms with Crippen LogP contribution in [0.2, 0.25) is 0 Å². The van der Waals surface area contributed by atoms with Gasteiger partial charge in [-0.3, -0.25) is 0 Å². The second kappa shape index (κ2) is 5.30. The first-order valence-corrected chi connectivity index (χ1v) is 6.85. The number of fused-ring (bicyclic) bond motifs is 1. The van der Waals surface area contributed by atoms with Crippen LogP contribution in [0.1, 0.15) is 18.5 Å². The Morgan fingerprint density at radius 2 is 2.00 bits per heavy atom. The molecule has 0 saturated heterocycles. The van der Waals surface area contributed by atoms with Crippen molar-refractivity contribution in [3.05, 3.63) is 54.4 Å². The van der Waals surface area contributed by atoms with Crippen molar-refractivity contribution in [1.82, 2.24) is 4.57 Å². The molecule has 1 aliphatic heterocycles. The summed E-state index contributed by atoms with van der Waals surface area (Å²) in [6.07, 6.45) is 6.03. The SMILES string of the molecule is c1ccc(NCC2CCCn3cccc3C2)cc1. The first kappa shape index (κ1) is 11.4. The van der Waals surface area contributed by atoms with E-state index in [4.69, 9.17) is 0 Å². The lowest BCUT2D eigenvalue weighted by Gasteiger charge is -2.15. The van der Waals surface area contributed by atoms with E-state index in [1.54, 1.807) is 0 Å². The number of hydrogen-bond acceptors (Lipinski definition) is 1. The van der Waals surface area contributed by atoms with Gasteiger partial charge >= 0.3 is 0 Å². The molecular weight excluding hydrogens is 220 g/mol. The number of benzene rings is 1. The molecule has 1 atom stereocenters. The minimum absolute atomic E-state index is 0.751. The van der Waals surface area contributed by atoms with Crippen LogP contribution in [0.4, 0.5) is 5.69 Å². The van der Waals surface area contributed by atoms with Crippen LogP contribution in [-0.2, 0) is 13.0 Å². The molecule has 0 amide bonds. The molecule has 1 unspecified atom stereocenters. The minimum atomic E-state index is 0.751. The number of aryl methyl sites for hydroxylation is 1. The van der Waals surface area contributed by atoms with Gasteiger partial charge in [-0.05, 0) is 49.4 Å². The van der Waals surface area contributed by atoms with E-state index in [0.717, 1.165) is 12.5 Å². The van der Waals surface area contributed by atoms with Crippen molar-refractivity contribution in [2.24, 2.45) is 5.92 Å². The lowest BCUT2D eigenvalue weighted by molar-refractivity contribution is 0.500. The van der Waals surface area contributed by atoms with Crippen LogP contribution < -0.4 is 5.32 Å². The molecule has 2 aromatic rings. The third-order valence-corrected chi connectivity index (χ3v) is 3.80. The van der Waals surface area contributed by atoms with Crippen LogP contribution >= 0.6 is 0 Å². The Labute approximate surface area is 109 Å². The van der Waals surface area contributed by atoms with Crippen molar-refractivity contribution < 1.29 is 0 Å². The number of para-hydroxylation sites is 1. The molecule has 0 radical (unpaired) electrons. The van der Waals surface area contributed by atoms with Gasteiger partial charge in [0, 0.05) is 30.7 Å². The summed E-state index contributed by atoms with van der Waals surface area (Å²) in [5.74, 6) is 0.751. The Kier molecular flexibility index (Phi) is 3.35. The third kappa shape index (κ3) is 2.58. The number of aromatic nitrogens is 1. The van der Waals surface area contributed by atoms with Gasteiger partial charge in [0.1, 0.15) is 0 Å². The summed E-state index contributed by atoms with van der Waals surface area (Å²) < 4.78 is 2.41. The van der Waals surface area contributed by atoms with Crippen LogP contribution in [0.3, 0.4) is 0 Å². The predicted octanol–water partition coefficient (Wildman–Crippen LogP) is 3.55. The van der Waals surface area contributed by atoms with E-state index in [1.165, 1.54) is 37.2 Å². The molecule has 3 rings (SSSR count). The Hall–Kier alpha value is -1.70. The number of hydrogen-bond donors (Lipinski definition) is 1. The summed E-state index contributed by atoms with van der Waals surface area (Å²) in [6.45, 7) is 2.26. The van der Waals surface area contributed by atoms with E-state index in [2.05, 4.69) is 58.5 Å². The smallest absolute Gasteiger partial charge is 0.0340 e. The molecule has 2 heteroatoms. The van der Waals surface area contributed by atoms with Gasteiger partial charge in [-0.15, -0.1) is 0 Å². The van der Waals surface area contributed by atoms with Crippen molar-refractivity contribution in [2.75, 3.05) is 11.9 Å². The lowest BCUT2D eigenvalue weighted by Crippen LogP contribution is -2.16. The van der Waals surface area contributed by atoms with Crippen LogP contribution in [0, 0.1) is 5.92 Å². The highest BCUT2D eigenvalue weighted by Crippen LogP contribution is 2.21. The fourth-order valence-corrected chi connectivity index (χ4v) is 2.79. The van der Waals surface area contributed by atoms with Gasteiger partial charge < -0.3 is 9.88 Å². The minimum Gasteiger partial charge on any atom is -0.385 e. The zero-order chi connectivity index (χ0) is 12.2. The van der Waals surface area contributed by atoms with E-state index < -0.39 is 0 Å². The molecule has 0 spiro atoms. The summed E-state index contributed by atoms with van der Waals surface area (Å²) in [4.78, 5) is 0. The van der Waals surface area contributed by atoms with Gasteiger partial charge in [0.2, 0.25) is 0 Å². The standard InChI is InChI=1S/C16H20N2/c1-2-7-15(8-3-1)17-13-14-6-4-10-18-11-5-9-16(18)12-14/h1-3,5,7-9,11,14,17H,4,6,10,12-13H2. The van der Waals surface area contributed by atoms with Crippen molar-refractivity contribution in [2.45, 2.75) is 25.8 Å². The van der Waals surface area contributed by atoms with Crippen LogP contribution in [0.25, 0.3) is 0 Å². The molecule has 0 bridgehead atoms. The zero-order valence-electron chi connectivity index (χ0n) is 10.7. The van der Waals surface area contributed by atoms with E-state index >= 15 is 0 Å². The third-order valence-electron chi connectivity index (χ3n) is 3.80. The lowest BCUT2D eigenvalue weighted by atomic mass is 9.99. The molecule has 2 heterocycles. The number of nitrogens with zero attached hydrogens (tertiary/aromatic N) is 1. The molecule has 94 valence electrons. The quantitative estimate of drug-likeness (QED) is 0.868. The van der Waals surface area contributed by atoms with Crippen molar-refractivity contribution in [3.8, 4) is 0 Å². The summed E-state index contributed by atoms with van der Waals surface area (Å²) in [5.41, 5.74) is 2.73. The van der Waals surface area contributed by atoms with Crippen LogP contribution in [0.15, 0.2) is 48.7 Å². The topological polar surface area (TPSA) is 17.0 Å². The average molecular weight is 240 g/mol. The Balaban J connectivity index is 1.61. The van der Waals surface area contributed by atoms with Crippen molar-refractivity contribution in [1.29, 1.82) is 0 Å². The molecule has 2 nitrogen and oxygen atoms in total. The Morgan fingerprint density at radius 3 is 2.89 bits per heavy atom. The van der Waals surface area contributed by atoms with Gasteiger partial charge in [-0.2, -0.15) is 0 Å². The average Bonchev–Trinajstić information content (AvgIpc) is 2.76. The van der Waals surface area contributed by atoms with E-state index in [0.29, 0.717) is 0 Å². The largest absolute Gasteiger partial charge is 0.385 e. The van der Waals surface area contributed by atoms with Gasteiger partial charge in [0.25, 0.3) is 0 Å². The number of anilines is 1. The molecule has 1 aliphatic rings. The fourth-order valence-electron chi connectivity index (χ4n) is 2.79. The van der Waals surface area contributed by atoms with Gasteiger partial charge in [-0.1, -0.05) is 18.2 Å². The fraction of sp³-hybridized carbons (Fsp3) is 0.375.